The van der Waals surface area contributed by atoms with E-state index in [1.807, 2.05) is 0 Å². The minimum atomic E-state index is -1.04. The van der Waals surface area contributed by atoms with Crippen LogP contribution in [0, 0.1) is 0 Å². The van der Waals surface area contributed by atoms with Gasteiger partial charge < -0.3 is 14.6 Å². The lowest BCUT2D eigenvalue weighted by molar-refractivity contribution is -0.142. The Morgan fingerprint density at radius 2 is 1.74 bits per heavy atom. The molecule has 1 amide bonds. The van der Waals surface area contributed by atoms with Gasteiger partial charge in [-0.1, -0.05) is 12.1 Å². The van der Waals surface area contributed by atoms with Crippen molar-refractivity contribution in [2.75, 3.05) is 12.0 Å². The number of ether oxygens (including phenoxy) is 2. The van der Waals surface area contributed by atoms with Crippen LogP contribution in [0.25, 0.3) is 0 Å². The Kier molecular flexibility index (Phi) is 6.33. The quantitative estimate of drug-likeness (QED) is 0.804. The molecule has 1 aromatic heterocycles. The normalized spacial score (nSPS) is 12.1. The van der Waals surface area contributed by atoms with Crippen molar-refractivity contribution >= 4 is 18.0 Å². The second kappa shape index (κ2) is 8.48. The highest BCUT2D eigenvalue weighted by atomic mass is 16.6. The first-order valence-corrected chi connectivity index (χ1v) is 8.36. The molecule has 144 valence electrons. The van der Waals surface area contributed by atoms with E-state index < -0.39 is 23.7 Å². The van der Waals surface area contributed by atoms with Gasteiger partial charge in [0.1, 0.15) is 17.4 Å². The average Bonchev–Trinajstić information content (AvgIpc) is 2.61. The zero-order valence-corrected chi connectivity index (χ0v) is 15.7. The molecule has 2 rings (SSSR count). The zero-order chi connectivity index (χ0) is 20.0. The summed E-state index contributed by atoms with van der Waals surface area (Å²) in [5.41, 5.74) is -0.0590. The van der Waals surface area contributed by atoms with Gasteiger partial charge in [-0.3, -0.25) is 0 Å². The number of carbonyl (C=O) groups is 2. The van der Waals surface area contributed by atoms with Crippen LogP contribution in [0.5, 0.6) is 5.75 Å². The molecule has 0 unspecified atom stereocenters. The van der Waals surface area contributed by atoms with Gasteiger partial charge in [-0.15, -0.1) is 0 Å². The number of hydrogen-bond acceptors (Lipinski definition) is 7. The van der Waals surface area contributed by atoms with Crippen molar-refractivity contribution in [1.29, 1.82) is 0 Å². The highest BCUT2D eigenvalue weighted by molar-refractivity contribution is 5.94. The second-order valence-corrected chi connectivity index (χ2v) is 6.81. The molecular weight excluding hydrogens is 350 g/mol. The van der Waals surface area contributed by atoms with Crippen molar-refractivity contribution in [2.24, 2.45) is 0 Å². The summed E-state index contributed by atoms with van der Waals surface area (Å²) >= 11 is 0. The Bertz CT molecular complexity index is 772. The molecule has 0 saturated heterocycles. The molecule has 0 saturated carbocycles. The molecule has 0 aliphatic carbocycles. The fourth-order valence-electron chi connectivity index (χ4n) is 2.35. The molecule has 2 aromatic rings. The third-order valence-corrected chi connectivity index (χ3v) is 3.51. The molecular formula is C19H23N3O5. The Morgan fingerprint density at radius 3 is 2.26 bits per heavy atom. The zero-order valence-electron chi connectivity index (χ0n) is 15.7. The molecule has 0 aliphatic heterocycles. The molecule has 0 radical (unpaired) electrons. The highest BCUT2D eigenvalue weighted by Gasteiger charge is 2.36. The third-order valence-electron chi connectivity index (χ3n) is 3.51. The van der Waals surface area contributed by atoms with Gasteiger partial charge in [0.25, 0.3) is 0 Å². The number of rotatable bonds is 5. The fraction of sp³-hybridized carbons (Fsp3) is 0.368. The van der Waals surface area contributed by atoms with E-state index >= 15 is 0 Å². The van der Waals surface area contributed by atoms with Gasteiger partial charge in [0.05, 0.1) is 7.11 Å². The van der Waals surface area contributed by atoms with Crippen LogP contribution in [0.4, 0.5) is 10.7 Å². The number of methoxy groups -OCH3 is 1. The van der Waals surface area contributed by atoms with Crippen molar-refractivity contribution < 1.29 is 24.2 Å². The molecule has 1 aromatic carbocycles. The van der Waals surface area contributed by atoms with Crippen molar-refractivity contribution in [2.45, 2.75) is 38.8 Å². The number of aromatic nitrogens is 2. The topological polar surface area (TPSA) is 102 Å². The number of carbonyl (C=O) groups excluding carboxylic acids is 2. The van der Waals surface area contributed by atoms with E-state index in [0.717, 1.165) is 4.90 Å². The summed E-state index contributed by atoms with van der Waals surface area (Å²) < 4.78 is 10.3. The van der Waals surface area contributed by atoms with Gasteiger partial charge in [-0.25, -0.2) is 24.5 Å². The second-order valence-electron chi connectivity index (χ2n) is 6.81. The van der Waals surface area contributed by atoms with E-state index in [1.54, 1.807) is 39.0 Å². The van der Waals surface area contributed by atoms with Gasteiger partial charge in [0, 0.05) is 18.8 Å². The average molecular weight is 373 g/mol. The molecule has 8 nitrogen and oxygen atoms in total. The standard InChI is InChI=1S/C19H23N3O5/c1-19(2,3)27-18(25)22(17-20-10-5-11-21-17)15(16(24)26-4)12-13-6-8-14(23)9-7-13/h5-11,15,23H,12H2,1-4H3/t15-/m0/s1. The van der Waals surface area contributed by atoms with E-state index in [1.165, 1.54) is 31.6 Å². The largest absolute Gasteiger partial charge is 0.508 e. The van der Waals surface area contributed by atoms with Gasteiger partial charge in [-0.2, -0.15) is 0 Å². The summed E-state index contributed by atoms with van der Waals surface area (Å²) in [5, 5.41) is 9.45. The first-order chi connectivity index (χ1) is 12.7. The molecule has 0 bridgehead atoms. The predicted molar refractivity (Wildman–Crippen MR) is 98.4 cm³/mol. The van der Waals surface area contributed by atoms with Crippen molar-refractivity contribution in [1.82, 2.24) is 9.97 Å². The van der Waals surface area contributed by atoms with Gasteiger partial charge in [0.2, 0.25) is 5.95 Å². The molecule has 1 N–H and O–H groups in total. The number of anilines is 1. The fourth-order valence-corrected chi connectivity index (χ4v) is 2.35. The van der Waals surface area contributed by atoms with Gasteiger partial charge in [0.15, 0.2) is 0 Å². The first kappa shape index (κ1) is 20.2. The number of amides is 1. The van der Waals surface area contributed by atoms with Crippen LogP contribution in [-0.2, 0) is 20.7 Å². The summed E-state index contributed by atoms with van der Waals surface area (Å²) in [6, 6.07) is 6.87. The third kappa shape index (κ3) is 5.67. The van der Waals surface area contributed by atoms with Gasteiger partial charge in [-0.05, 0) is 44.5 Å². The number of nitrogens with zero attached hydrogens (tertiary/aromatic N) is 3. The molecule has 0 aliphatic rings. The van der Waals surface area contributed by atoms with Crippen LogP contribution < -0.4 is 4.90 Å². The summed E-state index contributed by atoms with van der Waals surface area (Å²) in [4.78, 5) is 34.6. The van der Waals surface area contributed by atoms with Crippen LogP contribution in [0.2, 0.25) is 0 Å². The minimum Gasteiger partial charge on any atom is -0.508 e. The summed E-state index contributed by atoms with van der Waals surface area (Å²) in [5.74, 6) is -0.508. The highest BCUT2D eigenvalue weighted by Crippen LogP contribution is 2.21. The number of esters is 1. The molecule has 1 atom stereocenters. The maximum atomic E-state index is 12.8. The summed E-state index contributed by atoms with van der Waals surface area (Å²) in [7, 11) is 1.24. The Balaban J connectivity index is 2.44. The lowest BCUT2D eigenvalue weighted by atomic mass is 10.0. The predicted octanol–water partition coefficient (Wildman–Crippen LogP) is 2.71. The molecule has 0 fully saturated rings. The Hall–Kier alpha value is -3.16. The number of hydrogen-bond donors (Lipinski definition) is 1. The lowest BCUT2D eigenvalue weighted by Crippen LogP contribution is -2.50. The minimum absolute atomic E-state index is 0.0286. The van der Waals surface area contributed by atoms with Crippen LogP contribution in [0.15, 0.2) is 42.7 Å². The number of aromatic hydroxyl groups is 1. The monoisotopic (exact) mass is 373 g/mol. The van der Waals surface area contributed by atoms with E-state index in [9.17, 15) is 14.7 Å². The van der Waals surface area contributed by atoms with Crippen LogP contribution in [0.1, 0.15) is 26.3 Å². The SMILES string of the molecule is COC(=O)[C@H](Cc1ccc(O)cc1)N(C(=O)OC(C)(C)C)c1ncccn1. The van der Waals surface area contributed by atoms with Crippen LogP contribution in [0.3, 0.4) is 0 Å². The Morgan fingerprint density at radius 1 is 1.15 bits per heavy atom. The number of benzene rings is 1. The first-order valence-electron chi connectivity index (χ1n) is 8.36. The van der Waals surface area contributed by atoms with E-state index in [0.29, 0.717) is 5.56 Å². The molecule has 8 heteroatoms. The van der Waals surface area contributed by atoms with Gasteiger partial charge >= 0.3 is 12.1 Å². The van der Waals surface area contributed by atoms with Crippen molar-refractivity contribution in [3.05, 3.63) is 48.3 Å². The number of phenolic OH excluding ortho intramolecular Hbond substituents is 1. The Labute approximate surface area is 157 Å². The molecule has 27 heavy (non-hydrogen) atoms. The summed E-state index contributed by atoms with van der Waals surface area (Å²) in [6.07, 6.45) is 2.30. The van der Waals surface area contributed by atoms with E-state index in [4.69, 9.17) is 9.47 Å². The van der Waals surface area contributed by atoms with E-state index in [-0.39, 0.29) is 18.1 Å². The smallest absolute Gasteiger partial charge is 0.418 e. The maximum absolute atomic E-state index is 12.8. The van der Waals surface area contributed by atoms with Crippen molar-refractivity contribution in [3.8, 4) is 5.75 Å². The number of phenols is 1. The van der Waals surface area contributed by atoms with Crippen molar-refractivity contribution in [3.63, 3.8) is 0 Å². The lowest BCUT2D eigenvalue weighted by Gasteiger charge is -2.30. The van der Waals surface area contributed by atoms with Crippen LogP contribution >= 0.6 is 0 Å². The molecule has 0 spiro atoms. The summed E-state index contributed by atoms with van der Waals surface area (Å²) in [6.45, 7) is 5.17. The maximum Gasteiger partial charge on any atom is 0.418 e. The van der Waals surface area contributed by atoms with Crippen LogP contribution in [-0.4, -0.2) is 45.9 Å². The van der Waals surface area contributed by atoms with E-state index in [2.05, 4.69) is 9.97 Å². The molecule has 1 heterocycles.